The lowest BCUT2D eigenvalue weighted by molar-refractivity contribution is -0.137. The lowest BCUT2D eigenvalue weighted by atomic mass is 10.3. The molecule has 0 bridgehead atoms. The highest BCUT2D eigenvalue weighted by Crippen LogP contribution is 2.25. The number of benzene rings is 1. The van der Waals surface area contributed by atoms with Gasteiger partial charge in [-0.3, -0.25) is 4.79 Å². The van der Waals surface area contributed by atoms with Crippen molar-refractivity contribution < 1.29 is 19.4 Å². The van der Waals surface area contributed by atoms with Crippen LogP contribution in [0.25, 0.3) is 0 Å². The zero-order chi connectivity index (χ0) is 11.3. The number of hydrogen-bond donors (Lipinski definition) is 2. The van der Waals surface area contributed by atoms with Gasteiger partial charge in [0.25, 0.3) is 0 Å². The van der Waals surface area contributed by atoms with E-state index in [0.29, 0.717) is 17.2 Å². The summed E-state index contributed by atoms with van der Waals surface area (Å²) >= 11 is 0. The van der Waals surface area contributed by atoms with E-state index in [1.54, 1.807) is 18.2 Å². The van der Waals surface area contributed by atoms with Crippen LogP contribution in [0.3, 0.4) is 0 Å². The van der Waals surface area contributed by atoms with Crippen LogP contribution >= 0.6 is 0 Å². The maximum Gasteiger partial charge on any atom is 0.306 e. The predicted octanol–water partition coefficient (Wildman–Crippen LogP) is 1.13. The normalized spacial score (nSPS) is 9.67. The standard InChI is InChI=1S/C10H13NO4/c1-14-9-3-2-7(6-8(9)11)15-5-4-10(12)13/h2-3,6H,4-5,11H2,1H3,(H,12,13). The smallest absolute Gasteiger partial charge is 0.306 e. The zero-order valence-electron chi connectivity index (χ0n) is 8.40. The minimum Gasteiger partial charge on any atom is -0.495 e. The van der Waals surface area contributed by atoms with Crippen LogP contribution in [-0.4, -0.2) is 24.8 Å². The van der Waals surface area contributed by atoms with E-state index < -0.39 is 5.97 Å². The third-order valence-corrected chi connectivity index (χ3v) is 1.79. The van der Waals surface area contributed by atoms with Crippen molar-refractivity contribution in [3.8, 4) is 11.5 Å². The highest BCUT2D eigenvalue weighted by atomic mass is 16.5. The Labute approximate surface area is 87.4 Å². The second-order valence-electron chi connectivity index (χ2n) is 2.90. The van der Waals surface area contributed by atoms with Gasteiger partial charge in [0, 0.05) is 6.07 Å². The summed E-state index contributed by atoms with van der Waals surface area (Å²) in [6.45, 7) is 0.126. The molecule has 0 aliphatic carbocycles. The molecule has 1 aromatic rings. The Bertz CT molecular complexity index is 351. The lowest BCUT2D eigenvalue weighted by Gasteiger charge is -2.08. The Morgan fingerprint density at radius 2 is 2.27 bits per heavy atom. The van der Waals surface area contributed by atoms with Crippen molar-refractivity contribution in [2.24, 2.45) is 0 Å². The molecule has 0 aromatic heterocycles. The number of aliphatic carboxylic acids is 1. The molecule has 0 atom stereocenters. The summed E-state index contributed by atoms with van der Waals surface area (Å²) in [6.07, 6.45) is -0.0358. The monoisotopic (exact) mass is 211 g/mol. The van der Waals surface area contributed by atoms with E-state index in [9.17, 15) is 4.79 Å². The molecule has 15 heavy (non-hydrogen) atoms. The van der Waals surface area contributed by atoms with Gasteiger partial charge in [-0.15, -0.1) is 0 Å². The number of nitrogens with two attached hydrogens (primary N) is 1. The number of methoxy groups -OCH3 is 1. The van der Waals surface area contributed by atoms with Gasteiger partial charge in [-0.05, 0) is 12.1 Å². The fourth-order valence-corrected chi connectivity index (χ4v) is 1.06. The average Bonchev–Trinajstić information content (AvgIpc) is 2.17. The van der Waals surface area contributed by atoms with Crippen LogP contribution < -0.4 is 15.2 Å². The fraction of sp³-hybridized carbons (Fsp3) is 0.300. The summed E-state index contributed by atoms with van der Waals surface area (Å²) < 4.78 is 10.1. The first kappa shape index (κ1) is 11.2. The number of ether oxygens (including phenoxy) is 2. The molecule has 0 aliphatic rings. The molecule has 0 aliphatic heterocycles. The fourth-order valence-electron chi connectivity index (χ4n) is 1.06. The topological polar surface area (TPSA) is 81.8 Å². The van der Waals surface area contributed by atoms with E-state index in [0.717, 1.165) is 0 Å². The minimum absolute atomic E-state index is 0.0358. The van der Waals surface area contributed by atoms with Crippen molar-refractivity contribution in [2.75, 3.05) is 19.5 Å². The number of carboxylic acid groups (broad SMARTS) is 1. The Morgan fingerprint density at radius 1 is 1.53 bits per heavy atom. The molecule has 0 saturated heterocycles. The van der Waals surface area contributed by atoms with Crippen molar-refractivity contribution in [1.29, 1.82) is 0 Å². The SMILES string of the molecule is COc1ccc(OCCC(=O)O)cc1N. The van der Waals surface area contributed by atoms with Crippen LogP contribution in [0.1, 0.15) is 6.42 Å². The Hall–Kier alpha value is -1.91. The first-order chi connectivity index (χ1) is 7.13. The van der Waals surface area contributed by atoms with Crippen molar-refractivity contribution in [2.45, 2.75) is 6.42 Å². The third kappa shape index (κ3) is 3.38. The highest BCUT2D eigenvalue weighted by molar-refractivity contribution is 5.66. The van der Waals surface area contributed by atoms with Crippen molar-refractivity contribution in [1.82, 2.24) is 0 Å². The molecule has 0 saturated carbocycles. The van der Waals surface area contributed by atoms with E-state index in [-0.39, 0.29) is 13.0 Å². The van der Waals surface area contributed by atoms with Gasteiger partial charge >= 0.3 is 5.97 Å². The molecular weight excluding hydrogens is 198 g/mol. The number of hydrogen-bond acceptors (Lipinski definition) is 4. The van der Waals surface area contributed by atoms with Crippen LogP contribution in [-0.2, 0) is 4.79 Å². The summed E-state index contributed by atoms with van der Waals surface area (Å²) in [5, 5.41) is 8.40. The molecule has 82 valence electrons. The molecule has 0 fully saturated rings. The van der Waals surface area contributed by atoms with E-state index in [4.69, 9.17) is 20.3 Å². The Kier molecular flexibility index (Phi) is 3.79. The maximum atomic E-state index is 10.2. The molecule has 1 rings (SSSR count). The van der Waals surface area contributed by atoms with Gasteiger partial charge in [0.15, 0.2) is 0 Å². The number of anilines is 1. The molecule has 3 N–H and O–H groups in total. The second kappa shape index (κ2) is 5.09. The van der Waals surface area contributed by atoms with E-state index >= 15 is 0 Å². The van der Waals surface area contributed by atoms with E-state index in [1.807, 2.05) is 0 Å². The maximum absolute atomic E-state index is 10.2. The summed E-state index contributed by atoms with van der Waals surface area (Å²) in [7, 11) is 1.52. The molecule has 0 radical (unpaired) electrons. The highest BCUT2D eigenvalue weighted by Gasteiger charge is 2.02. The first-order valence-electron chi connectivity index (χ1n) is 4.41. The van der Waals surface area contributed by atoms with Gasteiger partial charge < -0.3 is 20.3 Å². The number of carboxylic acids is 1. The summed E-state index contributed by atoms with van der Waals surface area (Å²) in [6, 6.07) is 4.95. The van der Waals surface area contributed by atoms with Crippen LogP contribution in [0, 0.1) is 0 Å². The van der Waals surface area contributed by atoms with Gasteiger partial charge in [0.2, 0.25) is 0 Å². The van der Waals surface area contributed by atoms with Crippen LogP contribution in [0.15, 0.2) is 18.2 Å². The van der Waals surface area contributed by atoms with Gasteiger partial charge in [-0.25, -0.2) is 0 Å². The van der Waals surface area contributed by atoms with Crippen molar-refractivity contribution in [3.05, 3.63) is 18.2 Å². The molecule has 5 nitrogen and oxygen atoms in total. The van der Waals surface area contributed by atoms with E-state index in [1.165, 1.54) is 7.11 Å². The van der Waals surface area contributed by atoms with Gasteiger partial charge in [0.05, 0.1) is 25.8 Å². The summed E-state index contributed by atoms with van der Waals surface area (Å²) in [5.41, 5.74) is 6.11. The Balaban J connectivity index is 2.55. The number of carbonyl (C=O) groups is 1. The zero-order valence-corrected chi connectivity index (χ0v) is 8.40. The summed E-state index contributed by atoms with van der Waals surface area (Å²) in [4.78, 5) is 10.2. The quantitative estimate of drug-likeness (QED) is 0.713. The predicted molar refractivity (Wildman–Crippen MR) is 55.2 cm³/mol. The van der Waals surface area contributed by atoms with Gasteiger partial charge in [-0.1, -0.05) is 0 Å². The Morgan fingerprint density at radius 3 is 2.80 bits per heavy atom. The van der Waals surface area contributed by atoms with E-state index in [2.05, 4.69) is 0 Å². The molecule has 5 heteroatoms. The van der Waals surface area contributed by atoms with Crippen LogP contribution in [0.2, 0.25) is 0 Å². The molecule has 0 heterocycles. The minimum atomic E-state index is -0.892. The number of nitrogen functional groups attached to an aromatic ring is 1. The average molecular weight is 211 g/mol. The molecular formula is C10H13NO4. The van der Waals surface area contributed by atoms with Crippen LogP contribution in [0.5, 0.6) is 11.5 Å². The molecule has 0 amide bonds. The van der Waals surface area contributed by atoms with Crippen molar-refractivity contribution >= 4 is 11.7 Å². The first-order valence-corrected chi connectivity index (χ1v) is 4.41. The molecule has 0 spiro atoms. The van der Waals surface area contributed by atoms with Crippen molar-refractivity contribution in [3.63, 3.8) is 0 Å². The summed E-state index contributed by atoms with van der Waals surface area (Å²) in [5.74, 6) is 0.214. The lowest BCUT2D eigenvalue weighted by Crippen LogP contribution is -2.05. The third-order valence-electron chi connectivity index (χ3n) is 1.79. The number of rotatable bonds is 5. The van der Waals surface area contributed by atoms with Gasteiger partial charge in [0.1, 0.15) is 11.5 Å². The van der Waals surface area contributed by atoms with Gasteiger partial charge in [-0.2, -0.15) is 0 Å². The molecule has 0 unspecified atom stereocenters. The largest absolute Gasteiger partial charge is 0.495 e. The van der Waals surface area contributed by atoms with Crippen LogP contribution in [0.4, 0.5) is 5.69 Å². The second-order valence-corrected chi connectivity index (χ2v) is 2.90. The molecule has 1 aromatic carbocycles.